The Labute approximate surface area is 106 Å². The first-order valence-corrected chi connectivity index (χ1v) is 7.18. The molecular formula is C14H28N2O. The fraction of sp³-hybridized carbons (Fsp3) is 1.00. The van der Waals surface area contributed by atoms with Crippen LogP contribution in [0.1, 0.15) is 39.0 Å². The SMILES string of the molecule is CNC1CCC(C)CC1N1CCC(OC)CC1. The van der Waals surface area contributed by atoms with E-state index in [2.05, 4.69) is 24.2 Å². The lowest BCUT2D eigenvalue weighted by Crippen LogP contribution is -2.54. The summed E-state index contributed by atoms with van der Waals surface area (Å²) in [6.45, 7) is 4.84. The van der Waals surface area contributed by atoms with E-state index < -0.39 is 0 Å². The maximum atomic E-state index is 5.46. The predicted molar refractivity (Wildman–Crippen MR) is 71.3 cm³/mol. The van der Waals surface area contributed by atoms with Crippen molar-refractivity contribution in [1.82, 2.24) is 10.2 Å². The Morgan fingerprint density at radius 3 is 2.41 bits per heavy atom. The molecule has 1 heterocycles. The Morgan fingerprint density at radius 1 is 1.12 bits per heavy atom. The molecule has 1 saturated heterocycles. The van der Waals surface area contributed by atoms with Crippen LogP contribution >= 0.6 is 0 Å². The number of likely N-dealkylation sites (tertiary alicyclic amines) is 1. The van der Waals surface area contributed by atoms with E-state index >= 15 is 0 Å². The maximum Gasteiger partial charge on any atom is 0.0595 e. The Hall–Kier alpha value is -0.120. The molecule has 0 spiro atoms. The molecule has 2 fully saturated rings. The van der Waals surface area contributed by atoms with Crippen LogP contribution in [0, 0.1) is 5.92 Å². The van der Waals surface area contributed by atoms with Crippen LogP contribution < -0.4 is 5.32 Å². The van der Waals surface area contributed by atoms with E-state index in [1.54, 1.807) is 0 Å². The number of nitrogens with zero attached hydrogens (tertiary/aromatic N) is 1. The lowest BCUT2D eigenvalue weighted by molar-refractivity contribution is 0.00958. The van der Waals surface area contributed by atoms with Gasteiger partial charge in [0.05, 0.1) is 6.10 Å². The van der Waals surface area contributed by atoms with Gasteiger partial charge in [-0.1, -0.05) is 6.92 Å². The number of piperidine rings is 1. The van der Waals surface area contributed by atoms with Crippen LogP contribution in [-0.2, 0) is 4.74 Å². The van der Waals surface area contributed by atoms with Crippen molar-refractivity contribution < 1.29 is 4.74 Å². The molecule has 17 heavy (non-hydrogen) atoms. The van der Waals surface area contributed by atoms with Crippen LogP contribution in [-0.4, -0.2) is 50.3 Å². The van der Waals surface area contributed by atoms with E-state index in [9.17, 15) is 0 Å². The molecule has 1 aliphatic heterocycles. The van der Waals surface area contributed by atoms with Crippen molar-refractivity contribution in [2.75, 3.05) is 27.2 Å². The molecular weight excluding hydrogens is 212 g/mol. The van der Waals surface area contributed by atoms with Gasteiger partial charge in [-0.3, -0.25) is 4.90 Å². The third-order valence-corrected chi connectivity index (χ3v) is 4.73. The predicted octanol–water partition coefficient (Wildman–Crippen LogP) is 1.87. The van der Waals surface area contributed by atoms with E-state index in [0.717, 1.165) is 12.0 Å². The summed E-state index contributed by atoms with van der Waals surface area (Å²) in [6, 6.07) is 1.45. The highest BCUT2D eigenvalue weighted by molar-refractivity contribution is 4.91. The van der Waals surface area contributed by atoms with E-state index in [4.69, 9.17) is 4.74 Å². The van der Waals surface area contributed by atoms with Crippen molar-refractivity contribution in [2.24, 2.45) is 5.92 Å². The second-order valence-corrected chi connectivity index (χ2v) is 5.85. The molecule has 2 aliphatic rings. The van der Waals surface area contributed by atoms with Crippen molar-refractivity contribution in [3.05, 3.63) is 0 Å². The molecule has 100 valence electrons. The summed E-state index contributed by atoms with van der Waals surface area (Å²) in [5.41, 5.74) is 0. The summed E-state index contributed by atoms with van der Waals surface area (Å²) >= 11 is 0. The smallest absolute Gasteiger partial charge is 0.0595 e. The van der Waals surface area contributed by atoms with Gasteiger partial charge in [0.2, 0.25) is 0 Å². The van der Waals surface area contributed by atoms with Crippen LogP contribution in [0.4, 0.5) is 0 Å². The Kier molecular flexibility index (Phi) is 4.83. The van der Waals surface area contributed by atoms with Gasteiger partial charge in [-0.05, 0) is 45.1 Å². The highest BCUT2D eigenvalue weighted by Gasteiger charge is 2.33. The fourth-order valence-electron chi connectivity index (χ4n) is 3.53. The summed E-state index contributed by atoms with van der Waals surface area (Å²) in [5, 5.41) is 3.52. The third kappa shape index (κ3) is 3.21. The molecule has 0 aromatic carbocycles. The van der Waals surface area contributed by atoms with Crippen molar-refractivity contribution in [3.63, 3.8) is 0 Å². The van der Waals surface area contributed by atoms with Crippen LogP contribution in [0.15, 0.2) is 0 Å². The minimum Gasteiger partial charge on any atom is -0.381 e. The summed E-state index contributed by atoms with van der Waals surface area (Å²) in [5.74, 6) is 0.893. The van der Waals surface area contributed by atoms with Gasteiger partial charge in [-0.15, -0.1) is 0 Å². The molecule has 3 atom stereocenters. The third-order valence-electron chi connectivity index (χ3n) is 4.73. The van der Waals surface area contributed by atoms with Crippen molar-refractivity contribution >= 4 is 0 Å². The van der Waals surface area contributed by atoms with E-state index in [-0.39, 0.29) is 0 Å². The van der Waals surface area contributed by atoms with Crippen LogP contribution in [0.25, 0.3) is 0 Å². The minimum atomic E-state index is 0.500. The standard InChI is InChI=1S/C14H28N2O/c1-11-4-5-13(15-2)14(10-11)16-8-6-12(17-3)7-9-16/h11-15H,4-10H2,1-3H3. The highest BCUT2D eigenvalue weighted by Crippen LogP contribution is 2.29. The molecule has 1 N–H and O–H groups in total. The summed E-state index contributed by atoms with van der Waals surface area (Å²) in [7, 11) is 3.97. The zero-order chi connectivity index (χ0) is 12.3. The van der Waals surface area contributed by atoms with E-state index in [1.807, 2.05) is 7.11 Å². The molecule has 3 nitrogen and oxygen atoms in total. The quantitative estimate of drug-likeness (QED) is 0.815. The first-order valence-electron chi connectivity index (χ1n) is 7.18. The molecule has 1 saturated carbocycles. The number of likely N-dealkylation sites (N-methyl/N-ethyl adjacent to an activating group) is 1. The normalized spacial score (nSPS) is 37.2. The number of hydrogen-bond acceptors (Lipinski definition) is 3. The molecule has 3 unspecified atom stereocenters. The van der Waals surface area contributed by atoms with E-state index in [1.165, 1.54) is 45.2 Å². The van der Waals surface area contributed by atoms with Gasteiger partial charge in [0, 0.05) is 32.3 Å². The molecule has 0 aromatic heterocycles. The van der Waals surface area contributed by atoms with E-state index in [0.29, 0.717) is 12.1 Å². The van der Waals surface area contributed by atoms with Gasteiger partial charge < -0.3 is 10.1 Å². The van der Waals surface area contributed by atoms with Crippen LogP contribution in [0.2, 0.25) is 0 Å². The number of ether oxygens (including phenoxy) is 1. The summed E-state index contributed by atoms with van der Waals surface area (Å²) < 4.78 is 5.46. The number of methoxy groups -OCH3 is 1. The monoisotopic (exact) mass is 240 g/mol. The van der Waals surface area contributed by atoms with Crippen molar-refractivity contribution in [2.45, 2.75) is 57.2 Å². The Morgan fingerprint density at radius 2 is 1.82 bits per heavy atom. The average molecular weight is 240 g/mol. The lowest BCUT2D eigenvalue weighted by atomic mass is 9.82. The first-order chi connectivity index (χ1) is 8.24. The van der Waals surface area contributed by atoms with Crippen LogP contribution in [0.3, 0.4) is 0 Å². The Balaban J connectivity index is 1.90. The van der Waals surface area contributed by atoms with Gasteiger partial charge in [0.15, 0.2) is 0 Å². The number of hydrogen-bond donors (Lipinski definition) is 1. The van der Waals surface area contributed by atoms with Gasteiger partial charge in [0.25, 0.3) is 0 Å². The molecule has 3 heteroatoms. The topological polar surface area (TPSA) is 24.5 Å². The summed E-state index contributed by atoms with van der Waals surface area (Å²) in [4.78, 5) is 2.70. The maximum absolute atomic E-state index is 5.46. The molecule has 0 radical (unpaired) electrons. The fourth-order valence-corrected chi connectivity index (χ4v) is 3.53. The van der Waals surface area contributed by atoms with Crippen molar-refractivity contribution in [3.8, 4) is 0 Å². The van der Waals surface area contributed by atoms with Gasteiger partial charge >= 0.3 is 0 Å². The molecule has 2 rings (SSSR count). The largest absolute Gasteiger partial charge is 0.381 e. The second-order valence-electron chi connectivity index (χ2n) is 5.85. The Bertz CT molecular complexity index is 226. The molecule has 1 aliphatic carbocycles. The van der Waals surface area contributed by atoms with Crippen LogP contribution in [0.5, 0.6) is 0 Å². The lowest BCUT2D eigenvalue weighted by Gasteiger charge is -2.44. The zero-order valence-electron chi connectivity index (χ0n) is 11.6. The molecule has 0 aromatic rings. The molecule has 0 amide bonds. The summed E-state index contributed by atoms with van der Waals surface area (Å²) in [6.07, 6.45) is 7.00. The van der Waals surface area contributed by atoms with Gasteiger partial charge in [0.1, 0.15) is 0 Å². The second kappa shape index (κ2) is 6.17. The van der Waals surface area contributed by atoms with Crippen molar-refractivity contribution in [1.29, 1.82) is 0 Å². The highest BCUT2D eigenvalue weighted by atomic mass is 16.5. The minimum absolute atomic E-state index is 0.500. The zero-order valence-corrected chi connectivity index (χ0v) is 11.6. The van der Waals surface area contributed by atoms with Gasteiger partial charge in [-0.25, -0.2) is 0 Å². The van der Waals surface area contributed by atoms with Gasteiger partial charge in [-0.2, -0.15) is 0 Å². The number of rotatable bonds is 3. The average Bonchev–Trinajstić information content (AvgIpc) is 2.39. The molecule has 0 bridgehead atoms. The number of nitrogens with one attached hydrogen (secondary N) is 1. The first kappa shape index (κ1) is 13.3.